The number of Topliss-reactive ketones (excluding diaryl/α,β-unsaturated/α-hetero) is 1. The summed E-state index contributed by atoms with van der Waals surface area (Å²) in [4.78, 5) is 30.3. The lowest BCUT2D eigenvalue weighted by molar-refractivity contribution is -0.119. The van der Waals surface area contributed by atoms with Crippen LogP contribution in [0.15, 0.2) is 53.7 Å². The molecule has 1 unspecified atom stereocenters. The Bertz CT molecular complexity index is 1000. The summed E-state index contributed by atoms with van der Waals surface area (Å²) in [6.07, 6.45) is 2.48. The number of hydrogen-bond acceptors (Lipinski definition) is 3. The van der Waals surface area contributed by atoms with Gasteiger partial charge in [-0.3, -0.25) is 14.5 Å². The van der Waals surface area contributed by atoms with Crippen molar-refractivity contribution in [3.63, 3.8) is 0 Å². The average Bonchev–Trinajstić information content (AvgIpc) is 2.70. The highest BCUT2D eigenvalue weighted by Gasteiger charge is 2.40. The van der Waals surface area contributed by atoms with E-state index >= 15 is 0 Å². The average molecular weight is 389 g/mol. The number of rotatable bonds is 3. The molecule has 1 atom stereocenters. The molecule has 0 fully saturated rings. The summed E-state index contributed by atoms with van der Waals surface area (Å²) in [6, 6.07) is 14.3. The van der Waals surface area contributed by atoms with Crippen molar-refractivity contribution in [1.29, 1.82) is 0 Å². The summed E-state index contributed by atoms with van der Waals surface area (Å²) < 4.78 is 0. The summed E-state index contributed by atoms with van der Waals surface area (Å²) in [7, 11) is 4.01. The van der Waals surface area contributed by atoms with E-state index in [0.29, 0.717) is 12.8 Å². The first-order valence-corrected chi connectivity index (χ1v) is 10.3. The highest BCUT2D eigenvalue weighted by Crippen LogP contribution is 2.44. The van der Waals surface area contributed by atoms with E-state index in [-0.39, 0.29) is 17.6 Å². The first-order chi connectivity index (χ1) is 13.9. The zero-order valence-corrected chi connectivity index (χ0v) is 17.7. The molecule has 4 nitrogen and oxygen atoms in total. The monoisotopic (exact) mass is 388 g/mol. The Labute approximate surface area is 172 Å². The Morgan fingerprint density at radius 2 is 1.69 bits per heavy atom. The quantitative estimate of drug-likeness (QED) is 0.751. The molecule has 29 heavy (non-hydrogen) atoms. The molecule has 0 radical (unpaired) electrons. The molecule has 0 aromatic heterocycles. The normalized spacial score (nSPS) is 19.4. The second-order valence-corrected chi connectivity index (χ2v) is 8.33. The number of allylic oxidation sites excluding steroid dienone is 2. The van der Waals surface area contributed by atoms with Gasteiger partial charge in [-0.25, -0.2) is 0 Å². The molecule has 0 bridgehead atoms. The van der Waals surface area contributed by atoms with Crippen LogP contribution >= 0.6 is 0 Å². The molecule has 4 heteroatoms. The zero-order valence-electron chi connectivity index (χ0n) is 17.7. The first-order valence-electron chi connectivity index (χ1n) is 10.3. The van der Waals surface area contributed by atoms with Crippen molar-refractivity contribution >= 4 is 23.1 Å². The van der Waals surface area contributed by atoms with Crippen molar-refractivity contribution in [2.75, 3.05) is 23.9 Å². The molecular formula is C25H28N2O2. The number of ketones is 1. The van der Waals surface area contributed by atoms with Gasteiger partial charge >= 0.3 is 0 Å². The number of hydrogen-bond donors (Lipinski definition) is 0. The third kappa shape index (κ3) is 3.37. The summed E-state index contributed by atoms with van der Waals surface area (Å²) in [6.45, 7) is 4.11. The highest BCUT2D eigenvalue weighted by atomic mass is 16.2. The standard InChI is InChI=1S/C25H28N2O2/c1-16-7-5-8-21(17(16)2)27-22-9-6-10-23(28)25(22)20(15-24(27)29)18-11-13-19(14-12-18)26(3)4/h5,7-8,11-14,20H,6,9-10,15H2,1-4H3. The molecule has 1 amide bonds. The van der Waals surface area contributed by atoms with E-state index in [2.05, 4.69) is 49.1 Å². The topological polar surface area (TPSA) is 40.6 Å². The number of anilines is 2. The van der Waals surface area contributed by atoms with Gasteiger partial charge in [0.1, 0.15) is 0 Å². The van der Waals surface area contributed by atoms with E-state index in [4.69, 9.17) is 0 Å². The molecule has 0 saturated carbocycles. The largest absolute Gasteiger partial charge is 0.378 e. The molecule has 2 aliphatic rings. The molecule has 4 rings (SSSR count). The van der Waals surface area contributed by atoms with Gasteiger partial charge in [0.25, 0.3) is 0 Å². The molecule has 0 spiro atoms. The van der Waals surface area contributed by atoms with Crippen LogP contribution in [-0.4, -0.2) is 25.8 Å². The van der Waals surface area contributed by atoms with Crippen molar-refractivity contribution in [3.05, 3.63) is 70.4 Å². The predicted molar refractivity (Wildman–Crippen MR) is 117 cm³/mol. The van der Waals surface area contributed by atoms with Gasteiger partial charge in [-0.15, -0.1) is 0 Å². The predicted octanol–water partition coefficient (Wildman–Crippen LogP) is 4.90. The van der Waals surface area contributed by atoms with Gasteiger partial charge in [0.2, 0.25) is 5.91 Å². The third-order valence-electron chi connectivity index (χ3n) is 6.30. The summed E-state index contributed by atoms with van der Waals surface area (Å²) >= 11 is 0. The summed E-state index contributed by atoms with van der Waals surface area (Å²) in [5, 5.41) is 0. The number of amides is 1. The second kappa shape index (κ2) is 7.51. The Balaban J connectivity index is 1.83. The minimum atomic E-state index is -0.150. The van der Waals surface area contributed by atoms with E-state index in [0.717, 1.165) is 52.2 Å². The molecule has 1 aliphatic carbocycles. The Morgan fingerprint density at radius 3 is 2.38 bits per heavy atom. The number of carbonyl (C=O) groups excluding carboxylic acids is 2. The molecule has 0 N–H and O–H groups in total. The van der Waals surface area contributed by atoms with Crippen LogP contribution in [0.4, 0.5) is 11.4 Å². The van der Waals surface area contributed by atoms with Gasteiger partial charge in [-0.05, 0) is 61.6 Å². The highest BCUT2D eigenvalue weighted by molar-refractivity contribution is 6.07. The van der Waals surface area contributed by atoms with Crippen molar-refractivity contribution in [3.8, 4) is 0 Å². The van der Waals surface area contributed by atoms with E-state index in [1.54, 1.807) is 0 Å². The Kier molecular flexibility index (Phi) is 5.03. The van der Waals surface area contributed by atoms with Crippen LogP contribution in [0.25, 0.3) is 0 Å². The van der Waals surface area contributed by atoms with Crippen molar-refractivity contribution in [1.82, 2.24) is 0 Å². The molecule has 2 aromatic carbocycles. The minimum absolute atomic E-state index is 0.0776. The molecule has 150 valence electrons. The third-order valence-corrected chi connectivity index (χ3v) is 6.30. The second-order valence-electron chi connectivity index (χ2n) is 8.33. The fourth-order valence-electron chi connectivity index (χ4n) is 4.54. The van der Waals surface area contributed by atoms with E-state index in [1.165, 1.54) is 0 Å². The summed E-state index contributed by atoms with van der Waals surface area (Å²) in [5.74, 6) is 0.118. The Morgan fingerprint density at radius 1 is 0.966 bits per heavy atom. The molecule has 1 aliphatic heterocycles. The fraction of sp³-hybridized carbons (Fsp3) is 0.360. The number of nitrogens with zero attached hydrogens (tertiary/aromatic N) is 2. The fourth-order valence-corrected chi connectivity index (χ4v) is 4.54. The van der Waals surface area contributed by atoms with Gasteiger partial charge in [-0.2, -0.15) is 0 Å². The lowest BCUT2D eigenvalue weighted by atomic mass is 9.77. The van der Waals surface area contributed by atoms with E-state index < -0.39 is 0 Å². The van der Waals surface area contributed by atoms with Crippen LogP contribution < -0.4 is 9.80 Å². The van der Waals surface area contributed by atoms with Gasteiger partial charge in [0.05, 0.1) is 5.69 Å². The number of carbonyl (C=O) groups is 2. The maximum Gasteiger partial charge on any atom is 0.232 e. The molecule has 0 saturated heterocycles. The number of benzene rings is 2. The van der Waals surface area contributed by atoms with Crippen LogP contribution in [0.2, 0.25) is 0 Å². The van der Waals surface area contributed by atoms with Crippen LogP contribution in [0.3, 0.4) is 0 Å². The van der Waals surface area contributed by atoms with Crippen molar-refractivity contribution < 1.29 is 9.59 Å². The maximum atomic E-state index is 13.4. The summed E-state index contributed by atoms with van der Waals surface area (Å²) in [5.41, 5.74) is 7.07. The molecule has 1 heterocycles. The SMILES string of the molecule is Cc1cccc(N2C(=O)CC(c3ccc(N(C)C)cc3)C3=C2CCCC3=O)c1C. The lowest BCUT2D eigenvalue weighted by Gasteiger charge is -2.39. The van der Waals surface area contributed by atoms with Gasteiger partial charge in [-0.1, -0.05) is 24.3 Å². The van der Waals surface area contributed by atoms with Crippen LogP contribution in [0.1, 0.15) is 48.3 Å². The van der Waals surface area contributed by atoms with Crippen LogP contribution in [-0.2, 0) is 9.59 Å². The maximum absolute atomic E-state index is 13.4. The van der Waals surface area contributed by atoms with Gasteiger partial charge in [0.15, 0.2) is 5.78 Å². The van der Waals surface area contributed by atoms with Crippen molar-refractivity contribution in [2.24, 2.45) is 0 Å². The van der Waals surface area contributed by atoms with E-state index in [1.807, 2.05) is 31.1 Å². The Hall–Kier alpha value is -2.88. The number of aryl methyl sites for hydroxylation is 1. The van der Waals surface area contributed by atoms with Gasteiger partial charge < -0.3 is 4.90 Å². The zero-order chi connectivity index (χ0) is 20.7. The smallest absolute Gasteiger partial charge is 0.232 e. The van der Waals surface area contributed by atoms with E-state index in [9.17, 15) is 9.59 Å². The molecule has 2 aromatic rings. The lowest BCUT2D eigenvalue weighted by Crippen LogP contribution is -2.41. The molecular weight excluding hydrogens is 360 g/mol. The van der Waals surface area contributed by atoms with Crippen molar-refractivity contribution in [2.45, 2.75) is 45.4 Å². The van der Waals surface area contributed by atoms with Gasteiger partial charge in [0, 0.05) is 49.8 Å². The minimum Gasteiger partial charge on any atom is -0.378 e. The van der Waals surface area contributed by atoms with Crippen LogP contribution in [0, 0.1) is 13.8 Å². The van der Waals surface area contributed by atoms with Crippen LogP contribution in [0.5, 0.6) is 0 Å². The first kappa shape index (κ1) is 19.4.